The number of hydrogen-bond donors (Lipinski definition) is 3. The third-order valence-electron chi connectivity index (χ3n) is 3.93. The Hall–Kier alpha value is -3.72. The van der Waals surface area contributed by atoms with Gasteiger partial charge in [0, 0.05) is 12.6 Å². The van der Waals surface area contributed by atoms with Crippen LogP contribution in [0.15, 0.2) is 47.3 Å². The maximum Gasteiger partial charge on any atom is 0.258 e. The van der Waals surface area contributed by atoms with E-state index in [1.807, 2.05) is 0 Å². The third-order valence-corrected chi connectivity index (χ3v) is 3.93. The van der Waals surface area contributed by atoms with Gasteiger partial charge in [-0.2, -0.15) is 0 Å². The van der Waals surface area contributed by atoms with Crippen molar-refractivity contribution in [2.24, 2.45) is 0 Å². The minimum absolute atomic E-state index is 0.0206. The van der Waals surface area contributed by atoms with Gasteiger partial charge < -0.3 is 25.1 Å². The largest absolute Gasteiger partial charge is 0.495 e. The van der Waals surface area contributed by atoms with Crippen molar-refractivity contribution in [2.45, 2.75) is 13.5 Å². The van der Waals surface area contributed by atoms with Crippen molar-refractivity contribution < 1.29 is 19.1 Å². The maximum absolute atomic E-state index is 12.1. The van der Waals surface area contributed by atoms with Crippen molar-refractivity contribution in [1.29, 1.82) is 0 Å². The van der Waals surface area contributed by atoms with Gasteiger partial charge in [0.1, 0.15) is 24.8 Å². The fourth-order valence-electron chi connectivity index (χ4n) is 2.71. The molecule has 0 aliphatic heterocycles. The standard InChI is InChI=1S/C20H20N4O5/c1-12(25)21-16-9-13(7-8-17(16)28-2)22-19(26)11-29-10-18-23-15-6-4-3-5-14(15)20(27)24-18/h3-9H,10-11H2,1-2H3,(H,21,25)(H,22,26)(H,23,24,27). The number of nitrogens with one attached hydrogen (secondary N) is 3. The molecule has 2 aromatic carbocycles. The lowest BCUT2D eigenvalue weighted by atomic mass is 10.2. The lowest BCUT2D eigenvalue weighted by Crippen LogP contribution is -2.20. The summed E-state index contributed by atoms with van der Waals surface area (Å²) in [7, 11) is 1.48. The molecular formula is C20H20N4O5. The molecule has 0 unspecified atom stereocenters. The Kier molecular flexibility index (Phi) is 6.20. The number of carbonyl (C=O) groups is 2. The van der Waals surface area contributed by atoms with Crippen LogP contribution in [0.25, 0.3) is 10.9 Å². The predicted octanol–water partition coefficient (Wildman–Crippen LogP) is 2.05. The molecule has 0 aliphatic carbocycles. The second kappa shape index (κ2) is 8.98. The van der Waals surface area contributed by atoms with Crippen molar-refractivity contribution in [1.82, 2.24) is 9.97 Å². The highest BCUT2D eigenvalue weighted by Crippen LogP contribution is 2.27. The zero-order chi connectivity index (χ0) is 20.8. The first-order valence-electron chi connectivity index (χ1n) is 8.77. The van der Waals surface area contributed by atoms with Gasteiger partial charge in [0.2, 0.25) is 11.8 Å². The zero-order valence-electron chi connectivity index (χ0n) is 15.9. The SMILES string of the molecule is COc1ccc(NC(=O)COCc2nc3ccccc3c(=O)[nH]2)cc1NC(C)=O. The summed E-state index contributed by atoms with van der Waals surface area (Å²) in [6, 6.07) is 11.8. The summed E-state index contributed by atoms with van der Waals surface area (Å²) >= 11 is 0. The van der Waals surface area contributed by atoms with E-state index in [4.69, 9.17) is 9.47 Å². The lowest BCUT2D eigenvalue weighted by Gasteiger charge is -2.12. The van der Waals surface area contributed by atoms with Gasteiger partial charge in [-0.1, -0.05) is 12.1 Å². The van der Waals surface area contributed by atoms with Crippen molar-refractivity contribution in [3.8, 4) is 5.75 Å². The molecule has 0 spiro atoms. The second-order valence-electron chi connectivity index (χ2n) is 6.17. The Labute approximate surface area is 166 Å². The zero-order valence-corrected chi connectivity index (χ0v) is 15.9. The summed E-state index contributed by atoms with van der Waals surface area (Å²) in [5.41, 5.74) is 1.21. The van der Waals surface area contributed by atoms with E-state index in [-0.39, 0.29) is 24.7 Å². The molecule has 0 fully saturated rings. The highest BCUT2D eigenvalue weighted by molar-refractivity contribution is 5.95. The van der Waals surface area contributed by atoms with E-state index in [0.29, 0.717) is 33.9 Å². The quantitative estimate of drug-likeness (QED) is 0.562. The summed E-state index contributed by atoms with van der Waals surface area (Å²) in [6.07, 6.45) is 0. The second-order valence-corrected chi connectivity index (χ2v) is 6.17. The van der Waals surface area contributed by atoms with Crippen LogP contribution >= 0.6 is 0 Å². The fraction of sp³-hybridized carbons (Fsp3) is 0.200. The summed E-state index contributed by atoms with van der Waals surface area (Å²) < 4.78 is 10.5. The van der Waals surface area contributed by atoms with Crippen LogP contribution in [0, 0.1) is 0 Å². The topological polar surface area (TPSA) is 122 Å². The molecular weight excluding hydrogens is 376 g/mol. The number of fused-ring (bicyclic) bond motifs is 1. The average molecular weight is 396 g/mol. The lowest BCUT2D eigenvalue weighted by molar-refractivity contribution is -0.121. The van der Waals surface area contributed by atoms with Crippen LogP contribution in [0.5, 0.6) is 5.75 Å². The molecule has 0 bridgehead atoms. The first-order valence-corrected chi connectivity index (χ1v) is 8.77. The average Bonchev–Trinajstić information content (AvgIpc) is 2.68. The van der Waals surface area contributed by atoms with Gasteiger partial charge in [-0.05, 0) is 30.3 Å². The predicted molar refractivity (Wildman–Crippen MR) is 108 cm³/mol. The number of hydrogen-bond acceptors (Lipinski definition) is 6. The number of amides is 2. The molecule has 0 saturated heterocycles. The molecule has 3 aromatic rings. The van der Waals surface area contributed by atoms with Crippen LogP contribution in [0.1, 0.15) is 12.7 Å². The van der Waals surface area contributed by atoms with E-state index in [9.17, 15) is 14.4 Å². The van der Waals surface area contributed by atoms with Crippen molar-refractivity contribution in [3.63, 3.8) is 0 Å². The first kappa shape index (κ1) is 20.0. The highest BCUT2D eigenvalue weighted by atomic mass is 16.5. The number of rotatable bonds is 7. The van der Waals surface area contributed by atoms with Crippen LogP contribution in [0.4, 0.5) is 11.4 Å². The number of aromatic amines is 1. The Morgan fingerprint density at radius 3 is 2.69 bits per heavy atom. The normalized spacial score (nSPS) is 10.6. The molecule has 150 valence electrons. The molecule has 0 radical (unpaired) electrons. The van der Waals surface area contributed by atoms with Crippen LogP contribution in [0.2, 0.25) is 0 Å². The van der Waals surface area contributed by atoms with Gasteiger partial charge in [-0.15, -0.1) is 0 Å². The summed E-state index contributed by atoms with van der Waals surface area (Å²) in [4.78, 5) is 42.4. The Morgan fingerprint density at radius 1 is 1.14 bits per heavy atom. The molecule has 3 rings (SSSR count). The van der Waals surface area contributed by atoms with E-state index in [0.717, 1.165) is 0 Å². The number of anilines is 2. The molecule has 0 atom stereocenters. The number of benzene rings is 2. The third kappa shape index (κ3) is 5.17. The minimum atomic E-state index is -0.396. The minimum Gasteiger partial charge on any atom is -0.495 e. The number of ether oxygens (including phenoxy) is 2. The van der Waals surface area contributed by atoms with Gasteiger partial charge in [0.05, 0.1) is 23.7 Å². The number of carbonyl (C=O) groups excluding carboxylic acids is 2. The van der Waals surface area contributed by atoms with Gasteiger partial charge in [0.15, 0.2) is 0 Å². The van der Waals surface area contributed by atoms with Crippen LogP contribution < -0.4 is 20.9 Å². The van der Waals surface area contributed by atoms with E-state index in [2.05, 4.69) is 20.6 Å². The van der Waals surface area contributed by atoms with E-state index in [1.165, 1.54) is 14.0 Å². The molecule has 3 N–H and O–H groups in total. The van der Waals surface area contributed by atoms with Gasteiger partial charge >= 0.3 is 0 Å². The van der Waals surface area contributed by atoms with Crippen molar-refractivity contribution >= 4 is 34.1 Å². The first-order chi connectivity index (χ1) is 14.0. The molecule has 0 aliphatic rings. The van der Waals surface area contributed by atoms with Crippen LogP contribution in [-0.2, 0) is 20.9 Å². The monoisotopic (exact) mass is 396 g/mol. The van der Waals surface area contributed by atoms with Crippen molar-refractivity contribution in [2.75, 3.05) is 24.4 Å². The smallest absolute Gasteiger partial charge is 0.258 e. The molecule has 29 heavy (non-hydrogen) atoms. The van der Waals surface area contributed by atoms with Crippen LogP contribution in [0.3, 0.4) is 0 Å². The molecule has 1 heterocycles. The Bertz CT molecular complexity index is 1110. The molecule has 9 heteroatoms. The molecule has 9 nitrogen and oxygen atoms in total. The maximum atomic E-state index is 12.1. The number of para-hydroxylation sites is 1. The fourth-order valence-corrected chi connectivity index (χ4v) is 2.71. The van der Waals surface area contributed by atoms with E-state index >= 15 is 0 Å². The molecule has 1 aromatic heterocycles. The van der Waals surface area contributed by atoms with Gasteiger partial charge in [0.25, 0.3) is 5.56 Å². The summed E-state index contributed by atoms with van der Waals surface area (Å²) in [5.74, 6) is 0.152. The summed E-state index contributed by atoms with van der Waals surface area (Å²) in [6.45, 7) is 1.12. The van der Waals surface area contributed by atoms with Gasteiger partial charge in [-0.25, -0.2) is 4.98 Å². The number of methoxy groups -OCH3 is 1. The Morgan fingerprint density at radius 2 is 1.93 bits per heavy atom. The molecule has 2 amide bonds. The summed E-state index contributed by atoms with van der Waals surface area (Å²) in [5, 5.41) is 5.79. The van der Waals surface area contributed by atoms with E-state index < -0.39 is 5.91 Å². The number of H-pyrrole nitrogens is 1. The number of aromatic nitrogens is 2. The van der Waals surface area contributed by atoms with Crippen molar-refractivity contribution in [3.05, 3.63) is 58.6 Å². The number of nitrogens with zero attached hydrogens (tertiary/aromatic N) is 1. The Balaban J connectivity index is 1.59. The van der Waals surface area contributed by atoms with Gasteiger partial charge in [-0.3, -0.25) is 14.4 Å². The highest BCUT2D eigenvalue weighted by Gasteiger charge is 2.09. The van der Waals surface area contributed by atoms with E-state index in [1.54, 1.807) is 42.5 Å². The molecule has 0 saturated carbocycles. The van der Waals surface area contributed by atoms with Crippen LogP contribution in [-0.4, -0.2) is 35.5 Å².